The van der Waals surface area contributed by atoms with E-state index in [0.29, 0.717) is 5.82 Å². The summed E-state index contributed by atoms with van der Waals surface area (Å²) in [6.07, 6.45) is 2.46. The van der Waals surface area contributed by atoms with Crippen molar-refractivity contribution in [1.29, 1.82) is 0 Å². The molecule has 1 aromatic carbocycles. The minimum absolute atomic E-state index is 0.151. The highest BCUT2D eigenvalue weighted by molar-refractivity contribution is 5.29. The van der Waals surface area contributed by atoms with Gasteiger partial charge in [-0.2, -0.15) is 5.10 Å². The van der Waals surface area contributed by atoms with Gasteiger partial charge in [0.2, 0.25) is 0 Å². The summed E-state index contributed by atoms with van der Waals surface area (Å²) in [5.41, 5.74) is 1.76. The summed E-state index contributed by atoms with van der Waals surface area (Å²) in [6, 6.07) is 4.85. The minimum Gasteiger partial charge on any atom is -0.304 e. The first kappa shape index (κ1) is 12.7. The lowest BCUT2D eigenvalue weighted by atomic mass is 10.0. The topological polar surface area (TPSA) is 53.6 Å². The lowest BCUT2D eigenvalue weighted by Gasteiger charge is -2.17. The molecule has 0 fully saturated rings. The van der Waals surface area contributed by atoms with Crippen LogP contribution in [0.3, 0.4) is 0 Å². The predicted octanol–water partition coefficient (Wildman–Crippen LogP) is 2.34. The van der Waals surface area contributed by atoms with Gasteiger partial charge in [0.15, 0.2) is 0 Å². The summed E-state index contributed by atoms with van der Waals surface area (Å²) in [4.78, 5) is 4.15. The van der Waals surface area contributed by atoms with Gasteiger partial charge < -0.3 is 5.32 Å². The molecule has 0 aliphatic heterocycles. The Bertz CT molecular complexity index is 475. The molecule has 1 atom stereocenters. The van der Waals surface area contributed by atoms with Crippen LogP contribution in [0.4, 0.5) is 4.39 Å². The van der Waals surface area contributed by atoms with E-state index in [4.69, 9.17) is 0 Å². The molecule has 2 aromatic rings. The Morgan fingerprint density at radius 3 is 2.83 bits per heavy atom. The average Bonchev–Trinajstić information content (AvgIpc) is 2.82. The standard InChI is InChI=1S/C13H17FN4/c1-3-4-15-12(13-16-8-17-18-13)10-5-9(2)6-11(14)7-10/h5-8,12,15H,3-4H2,1-2H3,(H,16,17,18). The summed E-state index contributed by atoms with van der Waals surface area (Å²) in [5.74, 6) is 0.473. The zero-order chi connectivity index (χ0) is 13.0. The Morgan fingerprint density at radius 1 is 1.39 bits per heavy atom. The van der Waals surface area contributed by atoms with Crippen molar-refractivity contribution in [2.45, 2.75) is 26.3 Å². The number of hydrogen-bond donors (Lipinski definition) is 2. The lowest BCUT2D eigenvalue weighted by Crippen LogP contribution is -2.24. The van der Waals surface area contributed by atoms with Crippen LogP contribution in [-0.4, -0.2) is 21.7 Å². The summed E-state index contributed by atoms with van der Waals surface area (Å²) in [5, 5.41) is 10.0. The van der Waals surface area contributed by atoms with E-state index in [0.717, 1.165) is 24.1 Å². The van der Waals surface area contributed by atoms with E-state index in [1.807, 2.05) is 13.0 Å². The van der Waals surface area contributed by atoms with Gasteiger partial charge in [-0.05, 0) is 43.1 Å². The molecule has 0 spiro atoms. The van der Waals surface area contributed by atoms with Crippen LogP contribution in [0.25, 0.3) is 0 Å². The third kappa shape index (κ3) is 2.92. The second-order valence-electron chi connectivity index (χ2n) is 4.32. The number of halogens is 1. The van der Waals surface area contributed by atoms with Gasteiger partial charge in [-0.3, -0.25) is 5.10 Å². The number of benzene rings is 1. The highest BCUT2D eigenvalue weighted by atomic mass is 19.1. The van der Waals surface area contributed by atoms with Crippen molar-refractivity contribution < 1.29 is 4.39 Å². The first-order chi connectivity index (χ1) is 8.70. The molecule has 1 unspecified atom stereocenters. The van der Waals surface area contributed by atoms with Gasteiger partial charge in [0.1, 0.15) is 18.0 Å². The van der Waals surface area contributed by atoms with Crippen LogP contribution in [0.1, 0.15) is 36.3 Å². The first-order valence-corrected chi connectivity index (χ1v) is 6.06. The van der Waals surface area contributed by atoms with Crippen LogP contribution in [0.15, 0.2) is 24.5 Å². The number of rotatable bonds is 5. The van der Waals surface area contributed by atoms with Crippen LogP contribution in [0.2, 0.25) is 0 Å². The zero-order valence-corrected chi connectivity index (χ0v) is 10.6. The molecule has 4 nitrogen and oxygen atoms in total. The van der Waals surface area contributed by atoms with Crippen molar-refractivity contribution >= 4 is 0 Å². The molecule has 0 radical (unpaired) electrons. The molecule has 0 saturated heterocycles. The van der Waals surface area contributed by atoms with Crippen molar-refractivity contribution in [2.24, 2.45) is 0 Å². The van der Waals surface area contributed by atoms with Gasteiger partial charge in [-0.1, -0.05) is 13.0 Å². The maximum Gasteiger partial charge on any atom is 0.145 e. The van der Waals surface area contributed by atoms with Crippen LogP contribution >= 0.6 is 0 Å². The summed E-state index contributed by atoms with van der Waals surface area (Å²) < 4.78 is 13.5. The second-order valence-corrected chi connectivity index (χ2v) is 4.32. The molecule has 1 heterocycles. The van der Waals surface area contributed by atoms with Crippen LogP contribution in [-0.2, 0) is 0 Å². The van der Waals surface area contributed by atoms with Gasteiger partial charge in [0, 0.05) is 0 Å². The molecule has 0 bridgehead atoms. The smallest absolute Gasteiger partial charge is 0.145 e. The molecule has 2 rings (SSSR count). The lowest BCUT2D eigenvalue weighted by molar-refractivity contribution is 0.565. The number of nitrogens with one attached hydrogen (secondary N) is 2. The molecule has 1 aromatic heterocycles. The Hall–Kier alpha value is -1.75. The van der Waals surface area contributed by atoms with Gasteiger partial charge >= 0.3 is 0 Å². The largest absolute Gasteiger partial charge is 0.304 e. The zero-order valence-electron chi connectivity index (χ0n) is 10.6. The fourth-order valence-corrected chi connectivity index (χ4v) is 1.95. The maximum atomic E-state index is 13.5. The third-order valence-corrected chi connectivity index (χ3v) is 2.70. The molecule has 96 valence electrons. The van der Waals surface area contributed by atoms with Crippen molar-refractivity contribution in [3.05, 3.63) is 47.3 Å². The summed E-state index contributed by atoms with van der Waals surface area (Å²) in [7, 11) is 0. The third-order valence-electron chi connectivity index (χ3n) is 2.70. The second kappa shape index (κ2) is 5.73. The predicted molar refractivity (Wildman–Crippen MR) is 67.7 cm³/mol. The Morgan fingerprint density at radius 2 is 2.22 bits per heavy atom. The highest BCUT2D eigenvalue weighted by Crippen LogP contribution is 2.21. The van der Waals surface area contributed by atoms with Gasteiger partial charge in [0.25, 0.3) is 0 Å². The Labute approximate surface area is 106 Å². The van der Waals surface area contributed by atoms with Crippen LogP contribution < -0.4 is 5.32 Å². The van der Waals surface area contributed by atoms with E-state index in [1.165, 1.54) is 18.5 Å². The normalized spacial score (nSPS) is 12.6. The van der Waals surface area contributed by atoms with Crippen molar-refractivity contribution in [1.82, 2.24) is 20.5 Å². The van der Waals surface area contributed by atoms with Gasteiger partial charge in [0.05, 0.1) is 6.04 Å². The molecule has 2 N–H and O–H groups in total. The van der Waals surface area contributed by atoms with Crippen LogP contribution in [0, 0.1) is 12.7 Å². The van der Waals surface area contributed by atoms with E-state index in [-0.39, 0.29) is 11.9 Å². The van der Waals surface area contributed by atoms with Gasteiger partial charge in [-0.25, -0.2) is 9.37 Å². The monoisotopic (exact) mass is 248 g/mol. The molecular formula is C13H17FN4. The number of aryl methyl sites for hydroxylation is 1. The molecule has 0 amide bonds. The SMILES string of the molecule is CCCNC(c1cc(C)cc(F)c1)c1ncn[nH]1. The van der Waals surface area contributed by atoms with E-state index >= 15 is 0 Å². The van der Waals surface area contributed by atoms with E-state index < -0.39 is 0 Å². The number of aromatic amines is 1. The van der Waals surface area contributed by atoms with E-state index in [2.05, 4.69) is 27.4 Å². The molecule has 0 aliphatic carbocycles. The van der Waals surface area contributed by atoms with E-state index in [1.54, 1.807) is 0 Å². The maximum absolute atomic E-state index is 13.5. The minimum atomic E-state index is -0.229. The van der Waals surface area contributed by atoms with E-state index in [9.17, 15) is 4.39 Å². The average molecular weight is 248 g/mol. The summed E-state index contributed by atoms with van der Waals surface area (Å²) in [6.45, 7) is 4.80. The van der Waals surface area contributed by atoms with Crippen LogP contribution in [0.5, 0.6) is 0 Å². The fourth-order valence-electron chi connectivity index (χ4n) is 1.95. The van der Waals surface area contributed by atoms with Crippen molar-refractivity contribution in [2.75, 3.05) is 6.54 Å². The van der Waals surface area contributed by atoms with Crippen molar-refractivity contribution in [3.8, 4) is 0 Å². The summed E-state index contributed by atoms with van der Waals surface area (Å²) >= 11 is 0. The number of H-pyrrole nitrogens is 1. The Balaban J connectivity index is 2.33. The molecule has 0 aliphatic rings. The molecule has 5 heteroatoms. The first-order valence-electron chi connectivity index (χ1n) is 6.06. The molecular weight excluding hydrogens is 231 g/mol. The number of nitrogens with zero attached hydrogens (tertiary/aromatic N) is 2. The quantitative estimate of drug-likeness (QED) is 0.854. The Kier molecular flexibility index (Phi) is 4.04. The molecule has 0 saturated carbocycles. The number of hydrogen-bond acceptors (Lipinski definition) is 3. The van der Waals surface area contributed by atoms with Crippen molar-refractivity contribution in [3.63, 3.8) is 0 Å². The fraction of sp³-hybridized carbons (Fsp3) is 0.385. The van der Waals surface area contributed by atoms with Gasteiger partial charge in [-0.15, -0.1) is 0 Å². The number of aromatic nitrogens is 3. The molecule has 18 heavy (non-hydrogen) atoms. The highest BCUT2D eigenvalue weighted by Gasteiger charge is 2.17.